The van der Waals surface area contributed by atoms with Gasteiger partial charge in [0, 0.05) is 62.4 Å². The number of aromatic nitrogens is 2. The van der Waals surface area contributed by atoms with Gasteiger partial charge in [-0.05, 0) is 42.8 Å². The van der Waals surface area contributed by atoms with Crippen LogP contribution < -0.4 is 5.73 Å². The van der Waals surface area contributed by atoms with Gasteiger partial charge in [-0.15, -0.1) is 0 Å². The van der Waals surface area contributed by atoms with Gasteiger partial charge < -0.3 is 15.2 Å². The molecule has 29 heavy (non-hydrogen) atoms. The smallest absolute Gasteiger partial charge is 0.255 e. The number of piperidine rings is 1. The highest BCUT2D eigenvalue weighted by atomic mass is 19.3. The normalized spacial score (nSPS) is 16.4. The molecule has 0 aliphatic carbocycles. The van der Waals surface area contributed by atoms with Crippen molar-refractivity contribution < 1.29 is 13.6 Å². The van der Waals surface area contributed by atoms with Gasteiger partial charge in [0.15, 0.2) is 0 Å². The van der Waals surface area contributed by atoms with Crippen LogP contribution in [0.15, 0.2) is 36.5 Å². The second kappa shape index (κ2) is 7.22. The van der Waals surface area contributed by atoms with Crippen LogP contribution in [0.2, 0.25) is 0 Å². The molecule has 0 bridgehead atoms. The fourth-order valence-electron chi connectivity index (χ4n) is 4.05. The number of fused-ring (bicyclic) bond motifs is 1. The Bertz CT molecular complexity index is 1060. The molecule has 1 aliphatic rings. The van der Waals surface area contributed by atoms with Crippen molar-refractivity contribution in [1.29, 1.82) is 0 Å². The van der Waals surface area contributed by atoms with E-state index >= 15 is 0 Å². The zero-order valence-electron chi connectivity index (χ0n) is 16.6. The van der Waals surface area contributed by atoms with Gasteiger partial charge in [0.1, 0.15) is 0 Å². The molecule has 1 amide bonds. The number of carbonyl (C=O) groups is 1. The number of benzene rings is 1. The summed E-state index contributed by atoms with van der Waals surface area (Å²) in [6, 6.07) is 9.74. The lowest BCUT2D eigenvalue weighted by Crippen LogP contribution is -2.42. The monoisotopic (exact) mass is 398 g/mol. The van der Waals surface area contributed by atoms with Crippen LogP contribution in [0.25, 0.3) is 22.2 Å². The number of hydrogen-bond donors (Lipinski definition) is 1. The van der Waals surface area contributed by atoms with E-state index in [0.29, 0.717) is 12.1 Å². The van der Waals surface area contributed by atoms with E-state index in [0.717, 1.165) is 33.4 Å². The van der Waals surface area contributed by atoms with Gasteiger partial charge in [0.2, 0.25) is 0 Å². The number of aryl methyl sites for hydroxylation is 2. The van der Waals surface area contributed by atoms with E-state index in [1.807, 2.05) is 7.05 Å². The lowest BCUT2D eigenvalue weighted by atomic mass is 10.0. The highest BCUT2D eigenvalue weighted by Gasteiger charge is 2.35. The number of hydrogen-bond acceptors (Lipinski definition) is 3. The summed E-state index contributed by atoms with van der Waals surface area (Å²) in [5.74, 6) is -2.92. The molecule has 1 aliphatic heterocycles. The average Bonchev–Trinajstić information content (AvgIpc) is 3.03. The zero-order valence-corrected chi connectivity index (χ0v) is 16.6. The van der Waals surface area contributed by atoms with E-state index < -0.39 is 5.92 Å². The first-order valence-electron chi connectivity index (χ1n) is 9.71. The van der Waals surface area contributed by atoms with Gasteiger partial charge in [-0.3, -0.25) is 9.78 Å². The molecule has 1 saturated heterocycles. The van der Waals surface area contributed by atoms with Crippen LogP contribution in [-0.4, -0.2) is 39.4 Å². The summed E-state index contributed by atoms with van der Waals surface area (Å²) >= 11 is 0. The molecule has 0 spiro atoms. The third-order valence-corrected chi connectivity index (χ3v) is 5.72. The maximum atomic E-state index is 13.3. The maximum absolute atomic E-state index is 13.3. The second-order valence-electron chi connectivity index (χ2n) is 7.71. The van der Waals surface area contributed by atoms with Crippen molar-refractivity contribution in [2.24, 2.45) is 12.8 Å². The summed E-state index contributed by atoms with van der Waals surface area (Å²) in [7, 11) is 2.01. The molecule has 0 unspecified atom stereocenters. The van der Waals surface area contributed by atoms with Gasteiger partial charge in [0.25, 0.3) is 11.8 Å². The first-order valence-corrected chi connectivity index (χ1v) is 9.71. The summed E-state index contributed by atoms with van der Waals surface area (Å²) in [6.45, 7) is 2.66. The van der Waals surface area contributed by atoms with E-state index in [9.17, 15) is 13.6 Å². The van der Waals surface area contributed by atoms with Crippen LogP contribution in [0.4, 0.5) is 8.78 Å². The van der Waals surface area contributed by atoms with Gasteiger partial charge in [-0.1, -0.05) is 0 Å². The summed E-state index contributed by atoms with van der Waals surface area (Å²) < 4.78 is 28.7. The van der Waals surface area contributed by atoms with Crippen molar-refractivity contribution in [1.82, 2.24) is 14.5 Å². The molecule has 2 N–H and O–H groups in total. The molecule has 3 heterocycles. The molecule has 0 atom stereocenters. The largest absolute Gasteiger partial charge is 0.346 e. The standard InChI is InChI=1S/C22H24F2N4O/c1-14-9-16(10-17-11-18(12-25)27(2)20(14)17)19-4-3-15(13-26-19)21(29)28-7-5-22(23,24)6-8-28/h3-4,9-11,13H,5-8,12,25H2,1-2H3. The zero-order chi connectivity index (χ0) is 20.8. The second-order valence-corrected chi connectivity index (χ2v) is 7.71. The van der Waals surface area contributed by atoms with E-state index in [1.165, 1.54) is 11.1 Å². The minimum absolute atomic E-state index is 0.0704. The third-order valence-electron chi connectivity index (χ3n) is 5.72. The molecule has 0 radical (unpaired) electrons. The number of halogens is 2. The van der Waals surface area contributed by atoms with Crippen molar-refractivity contribution in [2.45, 2.75) is 32.2 Å². The van der Waals surface area contributed by atoms with Gasteiger partial charge in [-0.2, -0.15) is 0 Å². The van der Waals surface area contributed by atoms with Crippen LogP contribution in [0.1, 0.15) is 34.5 Å². The molecule has 2 aromatic heterocycles. The Hall–Kier alpha value is -2.80. The van der Waals surface area contributed by atoms with Crippen LogP contribution in [0.3, 0.4) is 0 Å². The summed E-state index contributed by atoms with van der Waals surface area (Å²) in [4.78, 5) is 18.5. The Morgan fingerprint density at radius 2 is 1.93 bits per heavy atom. The summed E-state index contributed by atoms with van der Waals surface area (Å²) in [6.07, 6.45) is 0.955. The van der Waals surface area contributed by atoms with Crippen molar-refractivity contribution in [3.05, 3.63) is 53.3 Å². The Morgan fingerprint density at radius 3 is 2.55 bits per heavy atom. The van der Waals surface area contributed by atoms with Gasteiger partial charge >= 0.3 is 0 Å². The van der Waals surface area contributed by atoms with Crippen molar-refractivity contribution in [3.63, 3.8) is 0 Å². The fraction of sp³-hybridized carbons (Fsp3) is 0.364. The quantitative estimate of drug-likeness (QED) is 0.728. The molecule has 3 aromatic rings. The van der Waals surface area contributed by atoms with Gasteiger partial charge in [0.05, 0.1) is 16.8 Å². The number of nitrogens with zero attached hydrogens (tertiary/aromatic N) is 3. The van der Waals surface area contributed by atoms with E-state index in [1.54, 1.807) is 12.1 Å². The molecular formula is C22H24F2N4O. The Labute approximate surface area is 168 Å². The number of likely N-dealkylation sites (tertiary alicyclic amines) is 1. The molecule has 7 heteroatoms. The fourth-order valence-corrected chi connectivity index (χ4v) is 4.05. The SMILES string of the molecule is Cc1cc(-c2ccc(C(=O)N3CCC(F)(F)CC3)cn2)cc2cc(CN)n(C)c12. The topological polar surface area (TPSA) is 64.2 Å². The predicted molar refractivity (Wildman–Crippen MR) is 109 cm³/mol. The molecule has 152 valence electrons. The number of amides is 1. The predicted octanol–water partition coefficient (Wildman–Crippen LogP) is 3.88. The minimum Gasteiger partial charge on any atom is -0.346 e. The number of nitrogens with two attached hydrogens (primary N) is 1. The van der Waals surface area contributed by atoms with Crippen LogP contribution in [-0.2, 0) is 13.6 Å². The molecule has 5 nitrogen and oxygen atoms in total. The van der Waals surface area contributed by atoms with E-state index in [4.69, 9.17) is 5.73 Å². The number of rotatable bonds is 3. The number of alkyl halides is 2. The van der Waals surface area contributed by atoms with Crippen LogP contribution in [0.5, 0.6) is 0 Å². The lowest BCUT2D eigenvalue weighted by Gasteiger charge is -2.31. The minimum atomic E-state index is -2.67. The van der Waals surface area contributed by atoms with Crippen LogP contribution >= 0.6 is 0 Å². The Kier molecular flexibility index (Phi) is 4.86. The first kappa shape index (κ1) is 19.5. The Morgan fingerprint density at radius 1 is 1.21 bits per heavy atom. The van der Waals surface area contributed by atoms with Crippen molar-refractivity contribution >= 4 is 16.8 Å². The highest BCUT2D eigenvalue weighted by molar-refractivity contribution is 5.94. The number of pyridine rings is 1. The molecule has 1 aromatic carbocycles. The molecule has 4 rings (SSSR count). The van der Waals surface area contributed by atoms with Crippen molar-refractivity contribution in [3.8, 4) is 11.3 Å². The number of carbonyl (C=O) groups excluding carboxylic acids is 1. The third kappa shape index (κ3) is 3.62. The highest BCUT2D eigenvalue weighted by Crippen LogP contribution is 2.30. The lowest BCUT2D eigenvalue weighted by molar-refractivity contribution is -0.0494. The maximum Gasteiger partial charge on any atom is 0.255 e. The van der Waals surface area contributed by atoms with Gasteiger partial charge in [-0.25, -0.2) is 8.78 Å². The molecule has 0 saturated carbocycles. The summed E-state index contributed by atoms with van der Waals surface area (Å²) in [5.41, 5.74) is 11.3. The van der Waals surface area contributed by atoms with E-state index in [2.05, 4.69) is 34.7 Å². The first-order chi connectivity index (χ1) is 13.8. The molecular weight excluding hydrogens is 374 g/mol. The Balaban J connectivity index is 1.59. The molecule has 1 fully saturated rings. The average molecular weight is 398 g/mol. The summed E-state index contributed by atoms with van der Waals surface area (Å²) in [5, 5.41) is 1.10. The van der Waals surface area contributed by atoms with E-state index in [-0.39, 0.29) is 31.8 Å². The van der Waals surface area contributed by atoms with Crippen molar-refractivity contribution in [2.75, 3.05) is 13.1 Å². The van der Waals surface area contributed by atoms with Crippen LogP contribution in [0, 0.1) is 6.92 Å².